The molecule has 4 aromatic rings. The van der Waals surface area contributed by atoms with Crippen molar-refractivity contribution in [2.75, 3.05) is 0 Å². The fourth-order valence-corrected chi connectivity index (χ4v) is 4.48. The summed E-state index contributed by atoms with van der Waals surface area (Å²) in [6.45, 7) is 1.92. The molecule has 0 saturated heterocycles. The molecule has 1 atom stereocenters. The van der Waals surface area contributed by atoms with Crippen molar-refractivity contribution in [2.24, 2.45) is 7.05 Å². The Hall–Kier alpha value is -2.38. The number of H-pyrrole nitrogens is 1. The highest BCUT2D eigenvalue weighted by molar-refractivity contribution is 8.00. The molecule has 0 fully saturated rings. The Bertz CT molecular complexity index is 1050. The molecule has 0 spiro atoms. The number of Topliss-reactive ketones (excluding diaryl/α,β-unsaturated/α-hetero) is 1. The lowest BCUT2D eigenvalue weighted by molar-refractivity contribution is 0.0995. The van der Waals surface area contributed by atoms with Crippen LogP contribution in [-0.2, 0) is 13.5 Å². The summed E-state index contributed by atoms with van der Waals surface area (Å²) in [6, 6.07) is 12.0. The summed E-state index contributed by atoms with van der Waals surface area (Å²) in [5.41, 5.74) is 1.70. The summed E-state index contributed by atoms with van der Waals surface area (Å²) in [7, 11) is 1.95. The number of carbonyl (C=O) groups is 1. The van der Waals surface area contributed by atoms with Crippen LogP contribution in [0.4, 0.5) is 0 Å². The summed E-state index contributed by atoms with van der Waals surface area (Å²) in [4.78, 5) is 17.3. The van der Waals surface area contributed by atoms with Gasteiger partial charge in [0.25, 0.3) is 0 Å². The van der Waals surface area contributed by atoms with Crippen LogP contribution >= 0.6 is 23.1 Å². The molecule has 0 aliphatic carbocycles. The Morgan fingerprint density at radius 3 is 2.92 bits per heavy atom. The predicted octanol–water partition coefficient (Wildman–Crippen LogP) is 4.31. The Kier molecular flexibility index (Phi) is 4.65. The predicted molar refractivity (Wildman–Crippen MR) is 106 cm³/mol. The van der Waals surface area contributed by atoms with Crippen LogP contribution in [0.25, 0.3) is 10.9 Å². The topological polar surface area (TPSA) is 63.6 Å². The van der Waals surface area contributed by atoms with Crippen molar-refractivity contribution in [1.29, 1.82) is 0 Å². The second-order valence-corrected chi connectivity index (χ2v) is 8.43. The number of hydrogen-bond donors (Lipinski definition) is 1. The zero-order valence-corrected chi connectivity index (χ0v) is 16.1. The highest BCUT2D eigenvalue weighted by atomic mass is 32.2. The van der Waals surface area contributed by atoms with Crippen LogP contribution in [0.2, 0.25) is 0 Å². The van der Waals surface area contributed by atoms with Crippen LogP contribution in [-0.4, -0.2) is 30.8 Å². The summed E-state index contributed by atoms with van der Waals surface area (Å²) < 4.78 is 1.98. The third-order valence-electron chi connectivity index (χ3n) is 4.34. The van der Waals surface area contributed by atoms with E-state index < -0.39 is 0 Å². The van der Waals surface area contributed by atoms with Gasteiger partial charge in [0.1, 0.15) is 5.82 Å². The van der Waals surface area contributed by atoms with E-state index in [-0.39, 0.29) is 11.0 Å². The number of fused-ring (bicyclic) bond motifs is 1. The zero-order chi connectivity index (χ0) is 18.1. The number of ketones is 1. The number of rotatable bonds is 6. The van der Waals surface area contributed by atoms with Gasteiger partial charge in [0, 0.05) is 41.0 Å². The molecule has 3 heterocycles. The minimum absolute atomic E-state index is 0.0928. The van der Waals surface area contributed by atoms with Gasteiger partial charge in [-0.25, -0.2) is 0 Å². The van der Waals surface area contributed by atoms with E-state index in [1.807, 2.05) is 48.9 Å². The molecule has 0 saturated carbocycles. The molecule has 1 unspecified atom stereocenters. The van der Waals surface area contributed by atoms with Crippen LogP contribution in [0.15, 0.2) is 53.1 Å². The van der Waals surface area contributed by atoms with Crippen LogP contribution in [0.5, 0.6) is 0 Å². The Labute approximate surface area is 159 Å². The maximum absolute atomic E-state index is 12.9. The van der Waals surface area contributed by atoms with E-state index in [4.69, 9.17) is 0 Å². The van der Waals surface area contributed by atoms with Crippen molar-refractivity contribution >= 4 is 39.8 Å². The smallest absolute Gasteiger partial charge is 0.191 e. The van der Waals surface area contributed by atoms with Crippen molar-refractivity contribution in [3.05, 3.63) is 64.2 Å². The molecule has 132 valence electrons. The lowest BCUT2D eigenvalue weighted by atomic mass is 10.1. The second kappa shape index (κ2) is 7.09. The summed E-state index contributed by atoms with van der Waals surface area (Å²) in [6.07, 6.45) is 2.55. The van der Waals surface area contributed by atoms with Crippen molar-refractivity contribution in [1.82, 2.24) is 19.7 Å². The average molecular weight is 383 g/mol. The molecule has 0 aliphatic heterocycles. The molecule has 4 rings (SSSR count). The van der Waals surface area contributed by atoms with Gasteiger partial charge in [-0.3, -0.25) is 4.79 Å². The summed E-state index contributed by atoms with van der Waals surface area (Å²) >= 11 is 3.16. The van der Waals surface area contributed by atoms with Gasteiger partial charge in [0.05, 0.1) is 5.25 Å². The number of aromatic nitrogens is 4. The number of benzene rings is 1. The van der Waals surface area contributed by atoms with Gasteiger partial charge < -0.3 is 9.55 Å². The zero-order valence-electron chi connectivity index (χ0n) is 14.5. The van der Waals surface area contributed by atoms with Crippen LogP contribution in [0.3, 0.4) is 0 Å². The number of nitrogens with one attached hydrogen (secondary N) is 1. The van der Waals surface area contributed by atoms with Gasteiger partial charge >= 0.3 is 0 Å². The van der Waals surface area contributed by atoms with Crippen molar-refractivity contribution in [3.8, 4) is 0 Å². The maximum atomic E-state index is 12.9. The minimum Gasteiger partial charge on any atom is -0.360 e. The Morgan fingerprint density at radius 2 is 2.12 bits per heavy atom. The largest absolute Gasteiger partial charge is 0.360 e. The number of hydrogen-bond acceptors (Lipinski definition) is 5. The van der Waals surface area contributed by atoms with Gasteiger partial charge in [-0.1, -0.05) is 36.0 Å². The number of thioether (sulfide) groups is 1. The van der Waals surface area contributed by atoms with Crippen molar-refractivity contribution < 1.29 is 4.79 Å². The molecule has 5 nitrogen and oxygen atoms in total. The fraction of sp³-hybridized carbons (Fsp3) is 0.211. The SMILES string of the molecule is CC(Sc1nnc(Cc2cccs2)n1C)C(=O)c1c[nH]c2ccccc12. The first-order valence-electron chi connectivity index (χ1n) is 8.31. The van der Waals surface area contributed by atoms with E-state index in [1.165, 1.54) is 16.6 Å². The van der Waals surface area contributed by atoms with E-state index in [9.17, 15) is 4.79 Å². The lowest BCUT2D eigenvalue weighted by Gasteiger charge is -2.09. The number of nitrogens with zero attached hydrogens (tertiary/aromatic N) is 3. The van der Waals surface area contributed by atoms with Crippen molar-refractivity contribution in [2.45, 2.75) is 23.8 Å². The average Bonchev–Trinajstić information content (AvgIpc) is 3.38. The highest BCUT2D eigenvalue weighted by Gasteiger charge is 2.22. The first-order valence-corrected chi connectivity index (χ1v) is 10.1. The first kappa shape index (κ1) is 17.1. The van der Waals surface area contributed by atoms with Gasteiger partial charge in [-0.05, 0) is 24.4 Å². The van der Waals surface area contributed by atoms with Crippen LogP contribution < -0.4 is 0 Å². The minimum atomic E-state index is -0.244. The van der Waals surface area contributed by atoms with E-state index in [1.54, 1.807) is 17.5 Å². The van der Waals surface area contributed by atoms with Crippen LogP contribution in [0.1, 0.15) is 28.0 Å². The number of thiophene rings is 1. The molecule has 0 radical (unpaired) electrons. The number of carbonyl (C=O) groups excluding carboxylic acids is 1. The molecule has 0 amide bonds. The van der Waals surface area contributed by atoms with Gasteiger partial charge in [-0.15, -0.1) is 21.5 Å². The van der Waals surface area contributed by atoms with E-state index in [0.29, 0.717) is 0 Å². The normalized spacial score (nSPS) is 12.5. The quantitative estimate of drug-likeness (QED) is 0.399. The monoisotopic (exact) mass is 382 g/mol. The first-order chi connectivity index (χ1) is 12.6. The molecule has 26 heavy (non-hydrogen) atoms. The lowest BCUT2D eigenvalue weighted by Crippen LogP contribution is -2.14. The van der Waals surface area contributed by atoms with E-state index >= 15 is 0 Å². The van der Waals surface area contributed by atoms with Gasteiger partial charge in [-0.2, -0.15) is 0 Å². The standard InChI is InChI=1S/C19H18N4OS2/c1-12(18(24)15-11-20-16-8-4-3-7-14(15)16)26-19-22-21-17(23(19)2)10-13-6-5-9-25-13/h3-9,11-12,20H,10H2,1-2H3. The molecule has 0 bridgehead atoms. The molecule has 1 aromatic carbocycles. The third kappa shape index (κ3) is 3.20. The van der Waals surface area contributed by atoms with E-state index in [0.717, 1.165) is 33.9 Å². The van der Waals surface area contributed by atoms with Gasteiger partial charge in [0.15, 0.2) is 10.9 Å². The molecule has 0 aliphatic rings. The number of para-hydroxylation sites is 1. The molecule has 7 heteroatoms. The van der Waals surface area contributed by atoms with Crippen LogP contribution in [0, 0.1) is 0 Å². The number of aromatic amines is 1. The molecule has 1 N–H and O–H groups in total. The maximum Gasteiger partial charge on any atom is 0.191 e. The second-order valence-electron chi connectivity index (χ2n) is 6.09. The summed E-state index contributed by atoms with van der Waals surface area (Å²) in [5, 5.41) is 12.1. The fourth-order valence-electron chi connectivity index (χ4n) is 2.88. The Morgan fingerprint density at radius 1 is 1.27 bits per heavy atom. The molecule has 3 aromatic heterocycles. The highest BCUT2D eigenvalue weighted by Crippen LogP contribution is 2.27. The Balaban J connectivity index is 1.52. The van der Waals surface area contributed by atoms with Gasteiger partial charge in [0.2, 0.25) is 0 Å². The van der Waals surface area contributed by atoms with E-state index in [2.05, 4.69) is 26.6 Å². The summed E-state index contributed by atoms with van der Waals surface area (Å²) in [5.74, 6) is 0.997. The molecular weight excluding hydrogens is 364 g/mol. The molecular formula is C19H18N4OS2. The third-order valence-corrected chi connectivity index (χ3v) is 6.35. The van der Waals surface area contributed by atoms with Crippen molar-refractivity contribution in [3.63, 3.8) is 0 Å².